The van der Waals surface area contributed by atoms with E-state index in [-0.39, 0.29) is 0 Å². The highest BCUT2D eigenvalue weighted by molar-refractivity contribution is 5.26. The van der Waals surface area contributed by atoms with Crippen molar-refractivity contribution >= 4 is 0 Å². The predicted molar refractivity (Wildman–Crippen MR) is 83.7 cm³/mol. The number of rotatable bonds is 1. The van der Waals surface area contributed by atoms with Crippen molar-refractivity contribution in [1.82, 2.24) is 0 Å². The minimum atomic E-state index is 1.08. The van der Waals surface area contributed by atoms with Crippen LogP contribution >= 0.6 is 0 Å². The van der Waals surface area contributed by atoms with Crippen molar-refractivity contribution in [2.24, 2.45) is 0 Å². The normalized spacial score (nSPS) is 12.3. The number of hydrogen-bond acceptors (Lipinski definition) is 0. The van der Waals surface area contributed by atoms with E-state index in [0.29, 0.717) is 0 Å². The first kappa shape index (κ1) is 16.4. The Labute approximate surface area is 113 Å². The summed E-state index contributed by atoms with van der Waals surface area (Å²) in [6.07, 6.45) is 14.3. The third-order valence-electron chi connectivity index (χ3n) is 2.13. The molecule has 0 amide bonds. The van der Waals surface area contributed by atoms with Gasteiger partial charge in [-0.25, -0.2) is 0 Å². The first-order valence-electron chi connectivity index (χ1n) is 6.87. The predicted octanol–water partition coefficient (Wildman–Crippen LogP) is 5.94. The van der Waals surface area contributed by atoms with Crippen LogP contribution in [0.1, 0.15) is 40.0 Å². The van der Waals surface area contributed by atoms with E-state index in [1.54, 1.807) is 0 Å². The molecule has 0 heteroatoms. The van der Waals surface area contributed by atoms with Crippen LogP contribution in [0.15, 0.2) is 72.4 Å². The third-order valence-corrected chi connectivity index (χ3v) is 2.13. The Morgan fingerprint density at radius 3 is 1.78 bits per heavy atom. The molecule has 0 saturated heterocycles. The molecular formula is C18H26. The van der Waals surface area contributed by atoms with E-state index in [9.17, 15) is 0 Å². The van der Waals surface area contributed by atoms with Gasteiger partial charge in [-0.05, 0) is 18.4 Å². The fraction of sp³-hybridized carbons (Fsp3) is 0.333. The SMILES string of the molecule is CCC.CCC1=CC=CCC=C1.c1ccccc1. The second-order valence-corrected chi connectivity index (χ2v) is 4.02. The molecule has 0 nitrogen and oxygen atoms in total. The maximum absolute atomic E-state index is 2.19. The van der Waals surface area contributed by atoms with Gasteiger partial charge in [0.15, 0.2) is 0 Å². The standard InChI is InChI=1S/C9H12.C6H6.C3H8/c1-2-9-7-5-3-4-6-8-9;1-2-4-6-5-3-1;1-3-2/h3,5-8H,2,4H2,1H3;1-6H;3H2,1-2H3. The molecule has 0 saturated carbocycles. The molecule has 0 spiro atoms. The fourth-order valence-corrected chi connectivity index (χ4v) is 1.24. The van der Waals surface area contributed by atoms with Crippen LogP contribution in [0, 0.1) is 0 Å². The highest BCUT2D eigenvalue weighted by atomic mass is 13.9. The van der Waals surface area contributed by atoms with E-state index < -0.39 is 0 Å². The molecule has 1 aromatic rings. The van der Waals surface area contributed by atoms with Crippen molar-refractivity contribution in [3.05, 3.63) is 72.4 Å². The molecule has 98 valence electrons. The Morgan fingerprint density at radius 2 is 1.33 bits per heavy atom. The number of benzene rings is 1. The van der Waals surface area contributed by atoms with Gasteiger partial charge in [0.2, 0.25) is 0 Å². The minimum absolute atomic E-state index is 1.08. The Balaban J connectivity index is 0.000000278. The average molecular weight is 242 g/mol. The van der Waals surface area contributed by atoms with E-state index in [1.807, 2.05) is 36.4 Å². The monoisotopic (exact) mass is 242 g/mol. The van der Waals surface area contributed by atoms with Crippen LogP contribution in [0.2, 0.25) is 0 Å². The minimum Gasteiger partial charge on any atom is -0.0807 e. The van der Waals surface area contributed by atoms with Crippen molar-refractivity contribution in [2.75, 3.05) is 0 Å². The zero-order valence-electron chi connectivity index (χ0n) is 12.0. The largest absolute Gasteiger partial charge is 0.0807 e. The molecule has 0 bridgehead atoms. The molecule has 18 heavy (non-hydrogen) atoms. The van der Waals surface area contributed by atoms with Crippen LogP contribution in [0.25, 0.3) is 0 Å². The summed E-state index contributed by atoms with van der Waals surface area (Å²) in [5.74, 6) is 0. The molecule has 0 radical (unpaired) electrons. The van der Waals surface area contributed by atoms with Gasteiger partial charge >= 0.3 is 0 Å². The van der Waals surface area contributed by atoms with Crippen LogP contribution in [-0.2, 0) is 0 Å². The quantitative estimate of drug-likeness (QED) is 0.571. The average Bonchev–Trinajstić information content (AvgIpc) is 2.71. The summed E-state index contributed by atoms with van der Waals surface area (Å²) in [6, 6.07) is 12.0. The smallest absolute Gasteiger partial charge is 0.0163 e. The highest BCUT2D eigenvalue weighted by Crippen LogP contribution is 2.06. The number of hydrogen-bond donors (Lipinski definition) is 0. The summed E-state index contributed by atoms with van der Waals surface area (Å²) < 4.78 is 0. The lowest BCUT2D eigenvalue weighted by molar-refractivity contribution is 1.09. The topological polar surface area (TPSA) is 0 Å². The Bertz CT molecular complexity index is 315. The molecule has 0 atom stereocenters. The van der Waals surface area contributed by atoms with E-state index in [1.165, 1.54) is 12.0 Å². The first-order chi connectivity index (χ1) is 8.85. The van der Waals surface area contributed by atoms with Crippen LogP contribution < -0.4 is 0 Å². The molecule has 0 fully saturated rings. The summed E-state index contributed by atoms with van der Waals surface area (Å²) in [7, 11) is 0. The van der Waals surface area contributed by atoms with E-state index in [4.69, 9.17) is 0 Å². The Hall–Kier alpha value is -1.56. The third kappa shape index (κ3) is 10.9. The molecule has 0 heterocycles. The number of allylic oxidation sites excluding steroid dienone is 6. The van der Waals surface area contributed by atoms with Gasteiger partial charge in [0.1, 0.15) is 0 Å². The summed E-state index contributed by atoms with van der Waals surface area (Å²) in [4.78, 5) is 0. The summed E-state index contributed by atoms with van der Waals surface area (Å²) >= 11 is 0. The summed E-state index contributed by atoms with van der Waals surface area (Å²) in [5.41, 5.74) is 1.42. The molecule has 0 unspecified atom stereocenters. The molecule has 1 aliphatic rings. The van der Waals surface area contributed by atoms with Crippen molar-refractivity contribution in [3.63, 3.8) is 0 Å². The summed E-state index contributed by atoms with van der Waals surface area (Å²) in [5, 5.41) is 0. The second-order valence-electron chi connectivity index (χ2n) is 4.02. The first-order valence-corrected chi connectivity index (χ1v) is 6.87. The second kappa shape index (κ2) is 13.5. The van der Waals surface area contributed by atoms with Crippen LogP contribution in [0.4, 0.5) is 0 Å². The zero-order valence-corrected chi connectivity index (χ0v) is 12.0. The van der Waals surface area contributed by atoms with Gasteiger partial charge in [-0.3, -0.25) is 0 Å². The molecule has 0 aromatic heterocycles. The van der Waals surface area contributed by atoms with Crippen molar-refractivity contribution < 1.29 is 0 Å². The molecule has 2 rings (SSSR count). The molecular weight excluding hydrogens is 216 g/mol. The lowest BCUT2D eigenvalue weighted by Gasteiger charge is -1.89. The fourth-order valence-electron chi connectivity index (χ4n) is 1.24. The lowest BCUT2D eigenvalue weighted by Crippen LogP contribution is -1.69. The van der Waals surface area contributed by atoms with Gasteiger partial charge < -0.3 is 0 Å². The van der Waals surface area contributed by atoms with Gasteiger partial charge in [-0.1, -0.05) is 94.0 Å². The molecule has 1 aromatic carbocycles. The van der Waals surface area contributed by atoms with Crippen molar-refractivity contribution in [2.45, 2.75) is 40.0 Å². The van der Waals surface area contributed by atoms with Crippen molar-refractivity contribution in [3.8, 4) is 0 Å². The maximum Gasteiger partial charge on any atom is -0.0163 e. The van der Waals surface area contributed by atoms with Crippen molar-refractivity contribution in [1.29, 1.82) is 0 Å². The molecule has 1 aliphatic carbocycles. The zero-order chi connectivity index (χ0) is 13.5. The van der Waals surface area contributed by atoms with E-state index in [2.05, 4.69) is 51.2 Å². The lowest BCUT2D eigenvalue weighted by atomic mass is 10.2. The van der Waals surface area contributed by atoms with E-state index >= 15 is 0 Å². The Kier molecular flexibility index (Phi) is 12.3. The van der Waals surface area contributed by atoms with Crippen LogP contribution in [-0.4, -0.2) is 0 Å². The van der Waals surface area contributed by atoms with E-state index in [0.717, 1.165) is 12.8 Å². The maximum atomic E-state index is 2.19. The van der Waals surface area contributed by atoms with Gasteiger partial charge in [-0.15, -0.1) is 0 Å². The van der Waals surface area contributed by atoms with Gasteiger partial charge in [0.25, 0.3) is 0 Å². The molecule has 0 aliphatic heterocycles. The van der Waals surface area contributed by atoms with Gasteiger partial charge in [0.05, 0.1) is 0 Å². The molecule has 0 N–H and O–H groups in total. The van der Waals surface area contributed by atoms with Gasteiger partial charge in [-0.2, -0.15) is 0 Å². The van der Waals surface area contributed by atoms with Crippen LogP contribution in [0.5, 0.6) is 0 Å². The highest BCUT2D eigenvalue weighted by Gasteiger charge is 1.86. The van der Waals surface area contributed by atoms with Gasteiger partial charge in [0, 0.05) is 0 Å². The van der Waals surface area contributed by atoms with Crippen LogP contribution in [0.3, 0.4) is 0 Å². The summed E-state index contributed by atoms with van der Waals surface area (Å²) in [6.45, 7) is 6.43. The Morgan fingerprint density at radius 1 is 0.833 bits per heavy atom.